The molecule has 0 unspecified atom stereocenters. The fraction of sp³-hybridized carbons (Fsp3) is 1.00. The van der Waals surface area contributed by atoms with Crippen LogP contribution in [0.2, 0.25) is 0 Å². The smallest absolute Gasteiger partial charge is 0.270 e. The van der Waals surface area contributed by atoms with Gasteiger partial charge in [-0.05, 0) is 0 Å². The molecule has 0 saturated heterocycles. The topological polar surface area (TPSA) is 43.4 Å². The molecule has 0 aliphatic rings. The molecule has 0 aromatic carbocycles. The Kier molecular flexibility index (Phi) is 3.04. The maximum absolute atomic E-state index is 10.4. The van der Waals surface area contributed by atoms with Gasteiger partial charge in [-0.1, -0.05) is 34.8 Å². The number of hydrogen-bond acceptors (Lipinski definition) is 3. The van der Waals surface area contributed by atoms with E-state index in [4.69, 9.17) is 34.8 Å². The van der Waals surface area contributed by atoms with E-state index in [1.54, 1.807) is 0 Å². The van der Waals surface area contributed by atoms with E-state index in [9.17, 15) is 8.42 Å². The Morgan fingerprint density at radius 3 is 1.67 bits per heavy atom. The van der Waals surface area contributed by atoms with Crippen LogP contribution in [0.4, 0.5) is 0 Å². The molecule has 0 atom stereocenters. The molecule has 0 heterocycles. The van der Waals surface area contributed by atoms with Crippen LogP contribution in [0.1, 0.15) is 0 Å². The van der Waals surface area contributed by atoms with Crippen LogP contribution in [0.15, 0.2) is 0 Å². The summed E-state index contributed by atoms with van der Waals surface area (Å²) >= 11 is 14.8. The average molecular weight is 213 g/mol. The molecule has 0 bridgehead atoms. The molecule has 0 aliphatic carbocycles. The number of halogens is 3. The van der Waals surface area contributed by atoms with E-state index in [0.29, 0.717) is 0 Å². The van der Waals surface area contributed by atoms with E-state index in [1.807, 2.05) is 0 Å². The van der Waals surface area contributed by atoms with E-state index in [0.717, 1.165) is 7.11 Å². The van der Waals surface area contributed by atoms with Gasteiger partial charge in [0, 0.05) is 0 Å². The maximum atomic E-state index is 10.4. The zero-order valence-electron chi connectivity index (χ0n) is 4.27. The second-order valence-electron chi connectivity index (χ2n) is 1.07. The molecular formula is C2H3Cl3O3S. The van der Waals surface area contributed by atoms with E-state index in [-0.39, 0.29) is 0 Å². The lowest BCUT2D eigenvalue weighted by Crippen LogP contribution is -2.20. The Labute approximate surface area is 68.0 Å². The molecule has 9 heavy (non-hydrogen) atoms. The monoisotopic (exact) mass is 212 g/mol. The first-order chi connectivity index (χ1) is 3.81. The maximum Gasteiger partial charge on any atom is 0.317 e. The highest BCUT2D eigenvalue weighted by atomic mass is 35.6. The molecule has 0 N–H and O–H groups in total. The third kappa shape index (κ3) is 2.47. The molecule has 0 aliphatic heterocycles. The molecule has 3 nitrogen and oxygen atoms in total. The van der Waals surface area contributed by atoms with Gasteiger partial charge < -0.3 is 0 Å². The van der Waals surface area contributed by atoms with Crippen molar-refractivity contribution in [1.29, 1.82) is 0 Å². The second kappa shape index (κ2) is 2.80. The molecule has 56 valence electrons. The Morgan fingerprint density at radius 2 is 1.67 bits per heavy atom. The summed E-state index contributed by atoms with van der Waals surface area (Å²) in [5.41, 5.74) is 0. The van der Waals surface area contributed by atoms with Crippen molar-refractivity contribution in [1.82, 2.24) is 0 Å². The van der Waals surface area contributed by atoms with Crippen molar-refractivity contribution in [2.24, 2.45) is 0 Å². The van der Waals surface area contributed by atoms with Gasteiger partial charge in [-0.3, -0.25) is 4.18 Å². The van der Waals surface area contributed by atoms with Crippen molar-refractivity contribution >= 4 is 44.9 Å². The van der Waals surface area contributed by atoms with Gasteiger partial charge in [0.25, 0.3) is 0 Å². The minimum Gasteiger partial charge on any atom is -0.270 e. The molecule has 0 radical (unpaired) electrons. The Hall–Kier alpha value is 0.780. The molecule has 0 rings (SSSR count). The lowest BCUT2D eigenvalue weighted by Gasteiger charge is -2.07. The SMILES string of the molecule is COS(=O)(=O)C(Cl)(Cl)Cl. The summed E-state index contributed by atoms with van der Waals surface area (Å²) in [6, 6.07) is 0. The van der Waals surface area contributed by atoms with Crippen molar-refractivity contribution in [3.8, 4) is 0 Å². The molecule has 0 aromatic rings. The molecule has 0 amide bonds. The Balaban J connectivity index is 4.57. The van der Waals surface area contributed by atoms with E-state index in [2.05, 4.69) is 4.18 Å². The average Bonchev–Trinajstić information content (AvgIpc) is 1.64. The van der Waals surface area contributed by atoms with E-state index >= 15 is 0 Å². The molecule has 0 saturated carbocycles. The van der Waals surface area contributed by atoms with E-state index in [1.165, 1.54) is 0 Å². The summed E-state index contributed by atoms with van der Waals surface area (Å²) in [4.78, 5) is 0. The minimum atomic E-state index is -4.04. The Morgan fingerprint density at radius 1 is 1.33 bits per heavy atom. The summed E-state index contributed by atoms with van der Waals surface area (Å²) < 4.78 is 22.3. The van der Waals surface area contributed by atoms with Gasteiger partial charge in [0.2, 0.25) is 0 Å². The molecule has 0 spiro atoms. The van der Waals surface area contributed by atoms with Gasteiger partial charge in [0.05, 0.1) is 7.11 Å². The minimum absolute atomic E-state index is 0.914. The van der Waals surface area contributed by atoms with Crippen molar-refractivity contribution < 1.29 is 12.6 Å². The third-order valence-electron chi connectivity index (χ3n) is 0.503. The van der Waals surface area contributed by atoms with Crippen LogP contribution in [0.5, 0.6) is 0 Å². The number of alkyl halides is 3. The van der Waals surface area contributed by atoms with Crippen LogP contribution < -0.4 is 0 Å². The fourth-order valence-corrected chi connectivity index (χ4v) is 0.850. The normalized spacial score (nSPS) is 13.8. The zero-order chi connectivity index (χ0) is 7.71. The predicted molar refractivity (Wildman–Crippen MR) is 36.2 cm³/mol. The van der Waals surface area contributed by atoms with Crippen molar-refractivity contribution in [3.05, 3.63) is 0 Å². The van der Waals surface area contributed by atoms with Crippen LogP contribution in [-0.2, 0) is 14.3 Å². The highest BCUT2D eigenvalue weighted by Crippen LogP contribution is 2.33. The fourth-order valence-electron chi connectivity index (χ4n) is 0.0945. The summed E-state index contributed by atoms with van der Waals surface area (Å²) in [5.74, 6) is 0. The number of hydrogen-bond donors (Lipinski definition) is 0. The third-order valence-corrected chi connectivity index (χ3v) is 3.21. The van der Waals surface area contributed by atoms with Crippen molar-refractivity contribution in [2.45, 2.75) is 3.12 Å². The molecule has 0 fully saturated rings. The van der Waals surface area contributed by atoms with Crippen LogP contribution in [-0.4, -0.2) is 18.7 Å². The first-order valence-corrected chi connectivity index (χ1v) is 4.22. The molecule has 7 heteroatoms. The summed E-state index contributed by atoms with van der Waals surface area (Å²) in [7, 11) is -3.13. The standard InChI is InChI=1S/C2H3Cl3O3S/c1-8-9(6,7)2(3,4)5/h1H3. The van der Waals surface area contributed by atoms with Gasteiger partial charge in [-0.2, -0.15) is 8.42 Å². The first kappa shape index (κ1) is 9.78. The lowest BCUT2D eigenvalue weighted by molar-refractivity contribution is 0.398. The van der Waals surface area contributed by atoms with Crippen LogP contribution in [0.3, 0.4) is 0 Å². The van der Waals surface area contributed by atoms with Crippen LogP contribution in [0, 0.1) is 0 Å². The second-order valence-corrected chi connectivity index (χ2v) is 5.87. The van der Waals surface area contributed by atoms with Crippen molar-refractivity contribution in [2.75, 3.05) is 7.11 Å². The van der Waals surface area contributed by atoms with Crippen molar-refractivity contribution in [3.63, 3.8) is 0 Å². The van der Waals surface area contributed by atoms with Crippen LogP contribution >= 0.6 is 34.8 Å². The summed E-state index contributed by atoms with van der Waals surface area (Å²) in [6.45, 7) is 0. The molecule has 0 aromatic heterocycles. The summed E-state index contributed by atoms with van der Waals surface area (Å²) in [5, 5.41) is 0. The summed E-state index contributed by atoms with van der Waals surface area (Å²) in [6.07, 6.45) is 0. The van der Waals surface area contributed by atoms with Gasteiger partial charge in [0.1, 0.15) is 0 Å². The zero-order valence-corrected chi connectivity index (χ0v) is 7.35. The highest BCUT2D eigenvalue weighted by Gasteiger charge is 2.38. The van der Waals surface area contributed by atoms with Gasteiger partial charge in [-0.25, -0.2) is 0 Å². The van der Waals surface area contributed by atoms with Gasteiger partial charge in [0.15, 0.2) is 0 Å². The van der Waals surface area contributed by atoms with Gasteiger partial charge >= 0.3 is 13.2 Å². The van der Waals surface area contributed by atoms with Gasteiger partial charge in [-0.15, -0.1) is 0 Å². The van der Waals surface area contributed by atoms with E-state index < -0.39 is 13.2 Å². The van der Waals surface area contributed by atoms with Crippen LogP contribution in [0.25, 0.3) is 0 Å². The number of rotatable bonds is 1. The predicted octanol–water partition coefficient (Wildman–Crippen LogP) is 1.29. The highest BCUT2D eigenvalue weighted by molar-refractivity contribution is 7.92. The lowest BCUT2D eigenvalue weighted by atomic mass is 11.8. The first-order valence-electron chi connectivity index (χ1n) is 1.68. The largest absolute Gasteiger partial charge is 0.317 e. The Bertz CT molecular complexity index is 178. The quantitative estimate of drug-likeness (QED) is 0.487. The molecular weight excluding hydrogens is 210 g/mol.